The van der Waals surface area contributed by atoms with Crippen molar-refractivity contribution >= 4 is 5.91 Å². The molecule has 0 aliphatic rings. The standard InChI is InChI=1S/C18H20N2O/c1-3-14(2)17(15-10-6-4-7-11-15)19-20-18(21)16-12-8-5-9-13-16/h3-14,17,19H,1H2,2H3,(H,20,21)/t14-,17-/m1/s1. The summed E-state index contributed by atoms with van der Waals surface area (Å²) in [5.41, 5.74) is 7.63. The van der Waals surface area contributed by atoms with E-state index in [1.165, 1.54) is 0 Å². The van der Waals surface area contributed by atoms with E-state index < -0.39 is 0 Å². The van der Waals surface area contributed by atoms with Crippen molar-refractivity contribution in [1.82, 2.24) is 10.9 Å². The van der Waals surface area contributed by atoms with Crippen molar-refractivity contribution in [1.29, 1.82) is 0 Å². The molecule has 2 aromatic rings. The van der Waals surface area contributed by atoms with Crippen LogP contribution in [0, 0.1) is 5.92 Å². The summed E-state index contributed by atoms with van der Waals surface area (Å²) in [6.45, 7) is 5.90. The van der Waals surface area contributed by atoms with Crippen molar-refractivity contribution < 1.29 is 4.79 Å². The third-order valence-corrected chi connectivity index (χ3v) is 3.43. The van der Waals surface area contributed by atoms with Crippen LogP contribution in [0.4, 0.5) is 0 Å². The second kappa shape index (κ2) is 7.41. The number of amides is 1. The van der Waals surface area contributed by atoms with Crippen LogP contribution in [0.25, 0.3) is 0 Å². The Morgan fingerprint density at radius 3 is 2.19 bits per heavy atom. The molecule has 0 aromatic heterocycles. The lowest BCUT2D eigenvalue weighted by Crippen LogP contribution is -2.41. The second-order valence-electron chi connectivity index (χ2n) is 4.95. The topological polar surface area (TPSA) is 41.1 Å². The third-order valence-electron chi connectivity index (χ3n) is 3.43. The van der Waals surface area contributed by atoms with E-state index in [4.69, 9.17) is 0 Å². The van der Waals surface area contributed by atoms with E-state index in [1.807, 2.05) is 54.6 Å². The molecule has 21 heavy (non-hydrogen) atoms. The fourth-order valence-corrected chi connectivity index (χ4v) is 2.12. The summed E-state index contributed by atoms with van der Waals surface area (Å²) in [6, 6.07) is 19.1. The normalized spacial score (nSPS) is 13.2. The highest BCUT2D eigenvalue weighted by molar-refractivity contribution is 5.93. The van der Waals surface area contributed by atoms with Gasteiger partial charge in [0.25, 0.3) is 5.91 Å². The molecule has 0 radical (unpaired) electrons. The van der Waals surface area contributed by atoms with Crippen LogP contribution >= 0.6 is 0 Å². The highest BCUT2D eigenvalue weighted by atomic mass is 16.2. The Kier molecular flexibility index (Phi) is 5.29. The molecule has 2 atom stereocenters. The Hall–Kier alpha value is -2.39. The van der Waals surface area contributed by atoms with E-state index in [0.717, 1.165) is 5.56 Å². The number of hydrazine groups is 1. The molecule has 0 heterocycles. The maximum Gasteiger partial charge on any atom is 0.265 e. The second-order valence-corrected chi connectivity index (χ2v) is 4.95. The van der Waals surface area contributed by atoms with Gasteiger partial charge in [0.1, 0.15) is 0 Å². The monoisotopic (exact) mass is 280 g/mol. The van der Waals surface area contributed by atoms with E-state index in [2.05, 4.69) is 24.4 Å². The van der Waals surface area contributed by atoms with Crippen molar-refractivity contribution in [2.45, 2.75) is 13.0 Å². The van der Waals surface area contributed by atoms with Crippen LogP contribution in [0.2, 0.25) is 0 Å². The van der Waals surface area contributed by atoms with E-state index in [9.17, 15) is 4.79 Å². The average molecular weight is 280 g/mol. The smallest absolute Gasteiger partial charge is 0.265 e. The van der Waals surface area contributed by atoms with Crippen LogP contribution in [0.5, 0.6) is 0 Å². The summed E-state index contributed by atoms with van der Waals surface area (Å²) in [6.07, 6.45) is 1.87. The number of hydrogen-bond acceptors (Lipinski definition) is 2. The molecule has 2 rings (SSSR count). The molecule has 0 bridgehead atoms. The molecule has 1 amide bonds. The predicted octanol–water partition coefficient (Wildman–Crippen LogP) is 3.48. The first-order chi connectivity index (χ1) is 10.2. The molecule has 2 aromatic carbocycles. The fourth-order valence-electron chi connectivity index (χ4n) is 2.12. The quantitative estimate of drug-likeness (QED) is 0.628. The summed E-state index contributed by atoms with van der Waals surface area (Å²) < 4.78 is 0. The van der Waals surface area contributed by atoms with Crippen LogP contribution in [0.15, 0.2) is 73.3 Å². The Morgan fingerprint density at radius 2 is 1.62 bits per heavy atom. The fraction of sp³-hybridized carbons (Fsp3) is 0.167. The molecule has 108 valence electrons. The minimum Gasteiger partial charge on any atom is -0.287 e. The summed E-state index contributed by atoms with van der Waals surface area (Å²) in [4.78, 5) is 12.1. The van der Waals surface area contributed by atoms with E-state index in [0.29, 0.717) is 5.56 Å². The molecule has 3 heteroatoms. The molecule has 0 aliphatic heterocycles. The zero-order valence-electron chi connectivity index (χ0n) is 12.1. The number of rotatable bonds is 6. The van der Waals surface area contributed by atoms with Gasteiger partial charge in [-0.1, -0.05) is 61.5 Å². The van der Waals surface area contributed by atoms with Gasteiger partial charge in [-0.25, -0.2) is 5.43 Å². The molecule has 0 fully saturated rings. The van der Waals surface area contributed by atoms with Crippen molar-refractivity contribution in [3.63, 3.8) is 0 Å². The first kappa shape index (κ1) is 15.0. The van der Waals surface area contributed by atoms with Gasteiger partial charge in [0, 0.05) is 5.56 Å². The van der Waals surface area contributed by atoms with Gasteiger partial charge in [0.05, 0.1) is 6.04 Å². The number of carbonyl (C=O) groups excluding carboxylic acids is 1. The summed E-state index contributed by atoms with van der Waals surface area (Å²) in [5.74, 6) is 0.0382. The minimum atomic E-state index is -0.146. The van der Waals surface area contributed by atoms with E-state index in [-0.39, 0.29) is 17.9 Å². The summed E-state index contributed by atoms with van der Waals surface area (Å²) >= 11 is 0. The largest absolute Gasteiger partial charge is 0.287 e. The Labute approximate surface area is 125 Å². The Balaban J connectivity index is 2.06. The summed E-state index contributed by atoms with van der Waals surface area (Å²) in [7, 11) is 0. The van der Waals surface area contributed by atoms with E-state index in [1.54, 1.807) is 12.1 Å². The Bertz CT molecular complexity index is 581. The molecular formula is C18H20N2O. The number of hydrogen-bond donors (Lipinski definition) is 2. The van der Waals surface area contributed by atoms with Crippen molar-refractivity contribution in [2.24, 2.45) is 5.92 Å². The van der Waals surface area contributed by atoms with Gasteiger partial charge in [0.15, 0.2) is 0 Å². The first-order valence-corrected chi connectivity index (χ1v) is 7.01. The minimum absolute atomic E-state index is 0.0173. The Morgan fingerprint density at radius 1 is 1.05 bits per heavy atom. The number of nitrogens with one attached hydrogen (secondary N) is 2. The highest BCUT2D eigenvalue weighted by Crippen LogP contribution is 2.21. The molecule has 3 nitrogen and oxygen atoms in total. The lowest BCUT2D eigenvalue weighted by molar-refractivity contribution is 0.0921. The molecule has 0 spiro atoms. The van der Waals surface area contributed by atoms with Crippen LogP contribution < -0.4 is 10.9 Å². The van der Waals surface area contributed by atoms with Crippen LogP contribution in [0.3, 0.4) is 0 Å². The van der Waals surface area contributed by atoms with E-state index >= 15 is 0 Å². The highest BCUT2D eigenvalue weighted by Gasteiger charge is 2.17. The van der Waals surface area contributed by atoms with Gasteiger partial charge in [-0.3, -0.25) is 10.2 Å². The van der Waals surface area contributed by atoms with Gasteiger partial charge in [0.2, 0.25) is 0 Å². The lowest BCUT2D eigenvalue weighted by atomic mass is 9.95. The third kappa shape index (κ3) is 4.04. The van der Waals surface area contributed by atoms with Crippen molar-refractivity contribution in [3.05, 3.63) is 84.4 Å². The zero-order chi connectivity index (χ0) is 15.1. The number of carbonyl (C=O) groups is 1. The number of benzene rings is 2. The molecule has 0 saturated heterocycles. The maximum atomic E-state index is 12.1. The zero-order valence-corrected chi connectivity index (χ0v) is 12.1. The van der Waals surface area contributed by atoms with Crippen molar-refractivity contribution in [3.8, 4) is 0 Å². The molecule has 2 N–H and O–H groups in total. The van der Waals surface area contributed by atoms with Gasteiger partial charge in [-0.15, -0.1) is 6.58 Å². The van der Waals surface area contributed by atoms with Gasteiger partial charge in [-0.05, 0) is 23.6 Å². The van der Waals surface area contributed by atoms with Gasteiger partial charge in [-0.2, -0.15) is 0 Å². The van der Waals surface area contributed by atoms with Gasteiger partial charge < -0.3 is 0 Å². The SMILES string of the molecule is C=C[C@@H](C)[C@@H](NNC(=O)c1ccccc1)c1ccccc1. The van der Waals surface area contributed by atoms with Crippen LogP contribution in [-0.2, 0) is 0 Å². The molecular weight excluding hydrogens is 260 g/mol. The summed E-state index contributed by atoms with van der Waals surface area (Å²) in [5, 5.41) is 0. The maximum absolute atomic E-state index is 12.1. The lowest BCUT2D eigenvalue weighted by Gasteiger charge is -2.23. The predicted molar refractivity (Wildman–Crippen MR) is 85.6 cm³/mol. The molecule has 0 saturated carbocycles. The van der Waals surface area contributed by atoms with Crippen molar-refractivity contribution in [2.75, 3.05) is 0 Å². The first-order valence-electron chi connectivity index (χ1n) is 7.01. The molecule has 0 unspecified atom stereocenters. The van der Waals surface area contributed by atoms with Gasteiger partial charge >= 0.3 is 0 Å². The molecule has 0 aliphatic carbocycles. The average Bonchev–Trinajstić information content (AvgIpc) is 2.56. The van der Waals surface area contributed by atoms with Crippen LogP contribution in [0.1, 0.15) is 28.9 Å². The van der Waals surface area contributed by atoms with Crippen LogP contribution in [-0.4, -0.2) is 5.91 Å².